The minimum Gasteiger partial charge on any atom is -0.497 e. The van der Waals surface area contributed by atoms with Gasteiger partial charge in [-0.2, -0.15) is 0 Å². The van der Waals surface area contributed by atoms with Crippen molar-refractivity contribution < 1.29 is 22.7 Å². The number of amides is 1. The second-order valence-electron chi connectivity index (χ2n) is 7.37. The van der Waals surface area contributed by atoms with E-state index in [0.717, 1.165) is 22.8 Å². The molecule has 8 nitrogen and oxygen atoms in total. The van der Waals surface area contributed by atoms with Crippen LogP contribution in [-0.2, 0) is 14.8 Å². The van der Waals surface area contributed by atoms with Crippen molar-refractivity contribution in [2.45, 2.75) is 18.2 Å². The zero-order chi connectivity index (χ0) is 23.0. The maximum absolute atomic E-state index is 13.5. The molecule has 31 heavy (non-hydrogen) atoms. The van der Waals surface area contributed by atoms with Crippen LogP contribution in [0, 0.1) is 6.92 Å². The van der Waals surface area contributed by atoms with E-state index in [-0.39, 0.29) is 22.9 Å². The maximum Gasteiger partial charge on any atom is 0.264 e. The van der Waals surface area contributed by atoms with Gasteiger partial charge in [0.1, 0.15) is 18.0 Å². The molecule has 0 radical (unpaired) electrons. The van der Waals surface area contributed by atoms with Crippen LogP contribution in [-0.4, -0.2) is 67.2 Å². The molecule has 0 aliphatic carbocycles. The molecule has 0 aliphatic rings. The number of aryl methyl sites for hydroxylation is 1. The third-order valence-corrected chi connectivity index (χ3v) is 6.43. The van der Waals surface area contributed by atoms with Crippen LogP contribution in [0.4, 0.5) is 5.69 Å². The zero-order valence-corrected chi connectivity index (χ0v) is 19.5. The quantitative estimate of drug-likeness (QED) is 0.530. The normalized spacial score (nSPS) is 11.3. The predicted molar refractivity (Wildman–Crippen MR) is 121 cm³/mol. The highest BCUT2D eigenvalue weighted by molar-refractivity contribution is 7.92. The number of hydrogen-bond donors (Lipinski definition) is 1. The Bertz CT molecular complexity index is 975. The standard InChI is InChI=1S/C22H31N3O5S/c1-17-7-10-19(11-8-17)31(27,28)25(16-22(26)23-13-6-14-24(2)3)20-12-9-18(29-4)15-21(20)30-5/h7-12,15H,6,13-14,16H2,1-5H3,(H,23,26). The van der Waals surface area contributed by atoms with E-state index < -0.39 is 15.9 Å². The van der Waals surface area contributed by atoms with Crippen LogP contribution in [0.3, 0.4) is 0 Å². The number of sulfonamides is 1. The van der Waals surface area contributed by atoms with Gasteiger partial charge in [0.05, 0.1) is 24.8 Å². The van der Waals surface area contributed by atoms with Gasteiger partial charge >= 0.3 is 0 Å². The summed E-state index contributed by atoms with van der Waals surface area (Å²) in [7, 11) is 2.84. The molecule has 0 fully saturated rings. The number of ether oxygens (including phenoxy) is 2. The lowest BCUT2D eigenvalue weighted by atomic mass is 10.2. The molecule has 0 saturated carbocycles. The summed E-state index contributed by atoms with van der Waals surface area (Å²) in [5.41, 5.74) is 1.19. The Morgan fingerprint density at radius 3 is 2.29 bits per heavy atom. The van der Waals surface area contributed by atoms with Crippen LogP contribution >= 0.6 is 0 Å². The Morgan fingerprint density at radius 1 is 1.03 bits per heavy atom. The van der Waals surface area contributed by atoms with Crippen molar-refractivity contribution in [3.63, 3.8) is 0 Å². The second-order valence-corrected chi connectivity index (χ2v) is 9.23. The van der Waals surface area contributed by atoms with Crippen LogP contribution in [0.25, 0.3) is 0 Å². The molecule has 0 bridgehead atoms. The van der Waals surface area contributed by atoms with E-state index in [9.17, 15) is 13.2 Å². The zero-order valence-electron chi connectivity index (χ0n) is 18.7. The smallest absolute Gasteiger partial charge is 0.264 e. The molecule has 9 heteroatoms. The number of hydrogen-bond acceptors (Lipinski definition) is 6. The van der Waals surface area contributed by atoms with Gasteiger partial charge in [0, 0.05) is 12.6 Å². The highest BCUT2D eigenvalue weighted by Crippen LogP contribution is 2.35. The van der Waals surface area contributed by atoms with Crippen LogP contribution in [0.1, 0.15) is 12.0 Å². The monoisotopic (exact) mass is 449 g/mol. The van der Waals surface area contributed by atoms with Crippen molar-refractivity contribution in [3.05, 3.63) is 48.0 Å². The lowest BCUT2D eigenvalue weighted by Gasteiger charge is -2.26. The van der Waals surface area contributed by atoms with Crippen molar-refractivity contribution in [3.8, 4) is 11.5 Å². The van der Waals surface area contributed by atoms with Gasteiger partial charge in [0.2, 0.25) is 5.91 Å². The summed E-state index contributed by atoms with van der Waals surface area (Å²) in [5, 5.41) is 2.79. The van der Waals surface area contributed by atoms with Gasteiger partial charge in [-0.25, -0.2) is 8.42 Å². The Balaban J connectivity index is 2.38. The second kappa shape index (κ2) is 11.0. The molecule has 170 valence electrons. The molecule has 0 saturated heterocycles. The molecule has 2 aromatic carbocycles. The van der Waals surface area contributed by atoms with E-state index in [0.29, 0.717) is 12.3 Å². The number of nitrogens with one attached hydrogen (secondary N) is 1. The predicted octanol–water partition coefficient (Wildman–Crippen LogP) is 2.28. The number of anilines is 1. The topological polar surface area (TPSA) is 88.2 Å². The first kappa shape index (κ1) is 24.5. The van der Waals surface area contributed by atoms with E-state index in [2.05, 4.69) is 5.32 Å². The van der Waals surface area contributed by atoms with Gasteiger partial charge in [-0.3, -0.25) is 9.10 Å². The third kappa shape index (κ3) is 6.60. The van der Waals surface area contributed by atoms with E-state index >= 15 is 0 Å². The van der Waals surface area contributed by atoms with E-state index in [1.165, 1.54) is 26.4 Å². The lowest BCUT2D eigenvalue weighted by Crippen LogP contribution is -2.41. The molecule has 0 aromatic heterocycles. The van der Waals surface area contributed by atoms with Crippen molar-refractivity contribution in [2.75, 3.05) is 52.3 Å². The van der Waals surface area contributed by atoms with E-state index in [1.54, 1.807) is 30.3 Å². The number of carbonyl (C=O) groups is 1. The highest BCUT2D eigenvalue weighted by atomic mass is 32.2. The Kier molecular flexibility index (Phi) is 8.70. The molecule has 0 heterocycles. The van der Waals surface area contributed by atoms with Gasteiger partial charge in [0.15, 0.2) is 0 Å². The van der Waals surface area contributed by atoms with Crippen molar-refractivity contribution in [1.82, 2.24) is 10.2 Å². The average Bonchev–Trinajstić information content (AvgIpc) is 2.74. The van der Waals surface area contributed by atoms with Crippen LogP contribution in [0.2, 0.25) is 0 Å². The van der Waals surface area contributed by atoms with Gasteiger partial charge in [-0.05, 0) is 58.3 Å². The Labute approximate surface area is 184 Å². The van der Waals surface area contributed by atoms with Crippen LogP contribution < -0.4 is 19.1 Å². The maximum atomic E-state index is 13.5. The first-order valence-corrected chi connectivity index (χ1v) is 11.4. The number of rotatable bonds is 11. The van der Waals surface area contributed by atoms with Crippen molar-refractivity contribution in [1.29, 1.82) is 0 Å². The molecule has 0 atom stereocenters. The van der Waals surface area contributed by atoms with Crippen molar-refractivity contribution in [2.24, 2.45) is 0 Å². The number of carbonyl (C=O) groups excluding carboxylic acids is 1. The van der Waals surface area contributed by atoms with Gasteiger partial charge in [-0.15, -0.1) is 0 Å². The number of nitrogens with zero attached hydrogens (tertiary/aromatic N) is 2. The van der Waals surface area contributed by atoms with E-state index in [1.807, 2.05) is 25.9 Å². The number of benzene rings is 2. The molecule has 0 aliphatic heterocycles. The van der Waals surface area contributed by atoms with Gasteiger partial charge < -0.3 is 19.7 Å². The highest BCUT2D eigenvalue weighted by Gasteiger charge is 2.29. The van der Waals surface area contributed by atoms with E-state index in [4.69, 9.17) is 9.47 Å². The minimum absolute atomic E-state index is 0.0939. The molecule has 1 N–H and O–H groups in total. The molecule has 1 amide bonds. The summed E-state index contributed by atoms with van der Waals surface area (Å²) in [6, 6.07) is 11.3. The Morgan fingerprint density at radius 2 is 1.71 bits per heavy atom. The molecule has 0 spiro atoms. The summed E-state index contributed by atoms with van der Waals surface area (Å²) in [6.45, 7) is 2.77. The Hall–Kier alpha value is -2.78. The molecule has 0 unspecified atom stereocenters. The molecular weight excluding hydrogens is 418 g/mol. The largest absolute Gasteiger partial charge is 0.497 e. The SMILES string of the molecule is COc1ccc(N(CC(=O)NCCCN(C)C)S(=O)(=O)c2ccc(C)cc2)c(OC)c1. The molecule has 2 rings (SSSR count). The first-order valence-electron chi connectivity index (χ1n) is 9.92. The molecular formula is C22H31N3O5S. The fourth-order valence-electron chi connectivity index (χ4n) is 2.94. The first-order chi connectivity index (χ1) is 14.7. The fraction of sp³-hybridized carbons (Fsp3) is 0.409. The van der Waals surface area contributed by atoms with Gasteiger partial charge in [0.25, 0.3) is 10.0 Å². The summed E-state index contributed by atoms with van der Waals surface area (Å²) in [4.78, 5) is 14.7. The van der Waals surface area contributed by atoms with Gasteiger partial charge in [-0.1, -0.05) is 17.7 Å². The fourth-order valence-corrected chi connectivity index (χ4v) is 4.37. The average molecular weight is 450 g/mol. The van der Waals surface area contributed by atoms with Crippen molar-refractivity contribution >= 4 is 21.6 Å². The minimum atomic E-state index is -4.02. The summed E-state index contributed by atoms with van der Waals surface area (Å²) in [5.74, 6) is 0.407. The summed E-state index contributed by atoms with van der Waals surface area (Å²) >= 11 is 0. The molecule has 2 aromatic rings. The lowest BCUT2D eigenvalue weighted by molar-refractivity contribution is -0.119. The number of methoxy groups -OCH3 is 2. The van der Waals surface area contributed by atoms with Crippen LogP contribution in [0.15, 0.2) is 47.4 Å². The summed E-state index contributed by atoms with van der Waals surface area (Å²) in [6.07, 6.45) is 0.759. The van der Waals surface area contributed by atoms with Crippen LogP contribution in [0.5, 0.6) is 11.5 Å². The third-order valence-electron chi connectivity index (χ3n) is 4.66. The summed E-state index contributed by atoms with van der Waals surface area (Å²) < 4.78 is 38.6.